The molecule has 0 aliphatic heterocycles. The van der Waals surface area contributed by atoms with Gasteiger partial charge in [0, 0.05) is 6.04 Å². The van der Waals surface area contributed by atoms with Gasteiger partial charge in [0.15, 0.2) is 0 Å². The standard InChI is InChI=1S/C14H26N2O.ClH/c1-13(2)9-5-11(6-10-13)16-12(17)14(15)7-3-4-8-14;/h11H,3-10,15H2,1-2H3,(H,16,17);1H. The highest BCUT2D eigenvalue weighted by molar-refractivity contribution is 5.86. The lowest BCUT2D eigenvalue weighted by atomic mass is 9.75. The second-order valence-electron chi connectivity index (χ2n) is 6.78. The molecule has 0 aromatic heterocycles. The second-order valence-corrected chi connectivity index (χ2v) is 6.78. The molecule has 0 saturated heterocycles. The Labute approximate surface area is 117 Å². The van der Waals surface area contributed by atoms with Crippen LogP contribution < -0.4 is 11.1 Å². The Morgan fingerprint density at radius 3 is 2.11 bits per heavy atom. The zero-order chi connectivity index (χ0) is 12.5. The highest BCUT2D eigenvalue weighted by Gasteiger charge is 2.38. The van der Waals surface area contributed by atoms with Crippen LogP contribution in [0.15, 0.2) is 0 Å². The summed E-state index contributed by atoms with van der Waals surface area (Å²) in [6.45, 7) is 4.62. The van der Waals surface area contributed by atoms with Crippen LogP contribution in [0.5, 0.6) is 0 Å². The molecule has 106 valence electrons. The van der Waals surface area contributed by atoms with Crippen molar-refractivity contribution in [2.24, 2.45) is 11.1 Å². The van der Waals surface area contributed by atoms with E-state index in [4.69, 9.17) is 5.73 Å². The van der Waals surface area contributed by atoms with Crippen molar-refractivity contribution in [1.82, 2.24) is 5.32 Å². The average Bonchev–Trinajstić information content (AvgIpc) is 2.70. The van der Waals surface area contributed by atoms with Crippen LogP contribution in [0, 0.1) is 5.41 Å². The number of rotatable bonds is 2. The van der Waals surface area contributed by atoms with Gasteiger partial charge in [0.1, 0.15) is 0 Å². The predicted molar refractivity (Wildman–Crippen MR) is 76.8 cm³/mol. The maximum Gasteiger partial charge on any atom is 0.240 e. The van der Waals surface area contributed by atoms with E-state index in [2.05, 4.69) is 19.2 Å². The predicted octanol–water partition coefficient (Wildman–Crippen LogP) is 2.76. The van der Waals surface area contributed by atoms with Gasteiger partial charge in [-0.05, 0) is 43.9 Å². The summed E-state index contributed by atoms with van der Waals surface area (Å²) in [5.74, 6) is 0.0970. The number of carbonyl (C=O) groups excluding carboxylic acids is 1. The lowest BCUT2D eigenvalue weighted by Gasteiger charge is -2.36. The van der Waals surface area contributed by atoms with Gasteiger partial charge in [-0.2, -0.15) is 0 Å². The lowest BCUT2D eigenvalue weighted by molar-refractivity contribution is -0.127. The number of amides is 1. The number of hydrogen-bond acceptors (Lipinski definition) is 2. The zero-order valence-electron chi connectivity index (χ0n) is 11.6. The monoisotopic (exact) mass is 274 g/mol. The van der Waals surface area contributed by atoms with Crippen molar-refractivity contribution in [2.75, 3.05) is 0 Å². The van der Waals surface area contributed by atoms with Gasteiger partial charge >= 0.3 is 0 Å². The van der Waals surface area contributed by atoms with E-state index in [1.54, 1.807) is 0 Å². The normalized spacial score (nSPS) is 26.4. The topological polar surface area (TPSA) is 55.1 Å². The maximum absolute atomic E-state index is 12.2. The number of nitrogens with one attached hydrogen (secondary N) is 1. The molecule has 0 atom stereocenters. The largest absolute Gasteiger partial charge is 0.352 e. The molecule has 3 nitrogen and oxygen atoms in total. The molecular weight excluding hydrogens is 248 g/mol. The molecule has 2 aliphatic carbocycles. The van der Waals surface area contributed by atoms with E-state index in [1.165, 1.54) is 12.8 Å². The smallest absolute Gasteiger partial charge is 0.240 e. The quantitative estimate of drug-likeness (QED) is 0.814. The minimum atomic E-state index is -0.563. The fourth-order valence-corrected chi connectivity index (χ4v) is 3.11. The molecule has 0 aromatic carbocycles. The van der Waals surface area contributed by atoms with Crippen LogP contribution in [0.4, 0.5) is 0 Å². The Morgan fingerprint density at radius 2 is 1.61 bits per heavy atom. The van der Waals surface area contributed by atoms with E-state index in [0.717, 1.165) is 38.5 Å². The molecule has 1 amide bonds. The van der Waals surface area contributed by atoms with E-state index < -0.39 is 5.54 Å². The summed E-state index contributed by atoms with van der Waals surface area (Å²) in [4.78, 5) is 12.2. The van der Waals surface area contributed by atoms with Crippen molar-refractivity contribution in [1.29, 1.82) is 0 Å². The average molecular weight is 275 g/mol. The van der Waals surface area contributed by atoms with Crippen LogP contribution in [-0.4, -0.2) is 17.5 Å². The highest BCUT2D eigenvalue weighted by atomic mass is 35.5. The molecule has 2 fully saturated rings. The molecule has 4 heteroatoms. The van der Waals surface area contributed by atoms with Crippen molar-refractivity contribution in [3.8, 4) is 0 Å². The van der Waals surface area contributed by atoms with Crippen LogP contribution >= 0.6 is 12.4 Å². The van der Waals surface area contributed by atoms with Crippen LogP contribution in [0.3, 0.4) is 0 Å². The Hall–Kier alpha value is -0.280. The molecule has 0 unspecified atom stereocenters. The number of halogens is 1. The minimum absolute atomic E-state index is 0. The summed E-state index contributed by atoms with van der Waals surface area (Å²) >= 11 is 0. The van der Waals surface area contributed by atoms with Crippen molar-refractivity contribution >= 4 is 18.3 Å². The molecule has 2 rings (SSSR count). The van der Waals surface area contributed by atoms with Gasteiger partial charge in [0.25, 0.3) is 0 Å². The summed E-state index contributed by atoms with van der Waals surface area (Å²) in [5, 5.41) is 3.18. The minimum Gasteiger partial charge on any atom is -0.352 e. The summed E-state index contributed by atoms with van der Waals surface area (Å²) in [6.07, 6.45) is 8.53. The van der Waals surface area contributed by atoms with Crippen LogP contribution in [0.2, 0.25) is 0 Å². The summed E-state index contributed by atoms with van der Waals surface area (Å²) in [6, 6.07) is 0.358. The molecule has 0 spiro atoms. The SMILES string of the molecule is CC1(C)CCC(NC(=O)C2(N)CCCC2)CC1.Cl. The third-order valence-corrected chi connectivity index (χ3v) is 4.62. The third kappa shape index (κ3) is 3.61. The number of nitrogens with two attached hydrogens (primary N) is 1. The van der Waals surface area contributed by atoms with E-state index in [1.807, 2.05) is 0 Å². The van der Waals surface area contributed by atoms with Gasteiger partial charge < -0.3 is 11.1 Å². The Balaban J connectivity index is 0.00000162. The van der Waals surface area contributed by atoms with Crippen LogP contribution in [-0.2, 0) is 4.79 Å². The first-order chi connectivity index (χ1) is 7.91. The van der Waals surface area contributed by atoms with Gasteiger partial charge in [-0.25, -0.2) is 0 Å². The van der Waals surface area contributed by atoms with Gasteiger partial charge in [0.05, 0.1) is 5.54 Å². The van der Waals surface area contributed by atoms with Crippen LogP contribution in [0.1, 0.15) is 65.2 Å². The fraction of sp³-hybridized carbons (Fsp3) is 0.929. The van der Waals surface area contributed by atoms with E-state index >= 15 is 0 Å². The number of hydrogen-bond donors (Lipinski definition) is 2. The first-order valence-corrected chi connectivity index (χ1v) is 7.01. The van der Waals surface area contributed by atoms with E-state index in [9.17, 15) is 4.79 Å². The number of carbonyl (C=O) groups is 1. The summed E-state index contributed by atoms with van der Waals surface area (Å²) in [5.41, 5.74) is 6.05. The Kier molecular flexibility index (Phi) is 5.07. The Morgan fingerprint density at radius 1 is 1.11 bits per heavy atom. The lowest BCUT2D eigenvalue weighted by Crippen LogP contribution is -2.55. The molecule has 0 heterocycles. The van der Waals surface area contributed by atoms with Crippen molar-refractivity contribution < 1.29 is 4.79 Å². The van der Waals surface area contributed by atoms with E-state index in [0.29, 0.717) is 11.5 Å². The van der Waals surface area contributed by atoms with Crippen molar-refractivity contribution in [3.05, 3.63) is 0 Å². The Bertz CT molecular complexity index is 288. The maximum atomic E-state index is 12.2. The highest BCUT2D eigenvalue weighted by Crippen LogP contribution is 2.35. The molecule has 2 saturated carbocycles. The summed E-state index contributed by atoms with van der Waals surface area (Å²) in [7, 11) is 0. The molecule has 3 N–H and O–H groups in total. The first-order valence-electron chi connectivity index (χ1n) is 7.01. The van der Waals surface area contributed by atoms with Crippen molar-refractivity contribution in [3.63, 3.8) is 0 Å². The first kappa shape index (κ1) is 15.8. The van der Waals surface area contributed by atoms with Gasteiger partial charge in [-0.15, -0.1) is 12.4 Å². The molecule has 18 heavy (non-hydrogen) atoms. The molecule has 0 aromatic rings. The second kappa shape index (κ2) is 5.79. The van der Waals surface area contributed by atoms with Gasteiger partial charge in [-0.1, -0.05) is 26.7 Å². The molecule has 0 radical (unpaired) electrons. The zero-order valence-corrected chi connectivity index (χ0v) is 12.4. The third-order valence-electron chi connectivity index (χ3n) is 4.62. The summed E-state index contributed by atoms with van der Waals surface area (Å²) < 4.78 is 0. The van der Waals surface area contributed by atoms with Crippen LogP contribution in [0.25, 0.3) is 0 Å². The van der Waals surface area contributed by atoms with Gasteiger partial charge in [0.2, 0.25) is 5.91 Å². The molecular formula is C14H27ClN2O. The van der Waals surface area contributed by atoms with Crippen molar-refractivity contribution in [2.45, 2.75) is 76.8 Å². The fourth-order valence-electron chi connectivity index (χ4n) is 3.11. The van der Waals surface area contributed by atoms with E-state index in [-0.39, 0.29) is 18.3 Å². The van der Waals surface area contributed by atoms with Gasteiger partial charge in [-0.3, -0.25) is 4.79 Å². The molecule has 0 bridgehead atoms. The molecule has 2 aliphatic rings.